The first-order chi connectivity index (χ1) is 8.00. The van der Waals surface area contributed by atoms with Gasteiger partial charge in [-0.2, -0.15) is 0 Å². The molecule has 0 aromatic rings. The van der Waals surface area contributed by atoms with E-state index in [1.807, 2.05) is 0 Å². The predicted octanol–water partition coefficient (Wildman–Crippen LogP) is 2.20. The van der Waals surface area contributed by atoms with Crippen LogP contribution in [0.1, 0.15) is 52.4 Å². The van der Waals surface area contributed by atoms with Gasteiger partial charge >= 0.3 is 6.09 Å². The summed E-state index contributed by atoms with van der Waals surface area (Å²) in [5, 5.41) is 8.95. The number of carboxylic acid groups (broad SMARTS) is 1. The van der Waals surface area contributed by atoms with E-state index in [1.54, 1.807) is 0 Å². The van der Waals surface area contributed by atoms with Crippen molar-refractivity contribution in [2.24, 2.45) is 5.73 Å². The van der Waals surface area contributed by atoms with Gasteiger partial charge in [-0.3, -0.25) is 9.69 Å². The monoisotopic (exact) mass is 244 g/mol. The van der Waals surface area contributed by atoms with Crippen LogP contribution in [0.15, 0.2) is 0 Å². The van der Waals surface area contributed by atoms with E-state index in [1.165, 1.54) is 26.2 Å². The molecule has 0 aromatic carbocycles. The van der Waals surface area contributed by atoms with Gasteiger partial charge in [-0.25, -0.2) is 4.79 Å². The molecule has 0 saturated carbocycles. The number of nitrogens with zero attached hydrogens (tertiary/aromatic N) is 1. The second-order valence-corrected chi connectivity index (χ2v) is 4.32. The second kappa shape index (κ2) is 8.84. The summed E-state index contributed by atoms with van der Waals surface area (Å²) in [6.45, 7) is 4.06. The lowest BCUT2D eigenvalue weighted by Gasteiger charge is -2.23. The average Bonchev–Trinajstić information content (AvgIpc) is 2.26. The molecule has 17 heavy (non-hydrogen) atoms. The number of hydrogen-bond donors (Lipinski definition) is 2. The highest BCUT2D eigenvalue weighted by molar-refractivity contribution is 5.83. The molecule has 1 unspecified atom stereocenters. The molecule has 0 aliphatic carbocycles. The van der Waals surface area contributed by atoms with Crippen molar-refractivity contribution >= 4 is 12.0 Å². The molecule has 0 saturated heterocycles. The molecule has 100 valence electrons. The van der Waals surface area contributed by atoms with Crippen LogP contribution in [-0.4, -0.2) is 34.6 Å². The predicted molar refractivity (Wildman–Crippen MR) is 66.8 cm³/mol. The highest BCUT2D eigenvalue weighted by Crippen LogP contribution is 2.08. The number of carbonyl (C=O) groups is 2. The first-order valence-electron chi connectivity index (χ1n) is 6.29. The minimum atomic E-state index is -1.08. The van der Waals surface area contributed by atoms with Crippen molar-refractivity contribution in [2.45, 2.75) is 58.4 Å². The number of hydrogen-bond acceptors (Lipinski definition) is 2. The average molecular weight is 244 g/mol. The number of amides is 2. The summed E-state index contributed by atoms with van der Waals surface area (Å²) in [5.41, 5.74) is 5.10. The van der Waals surface area contributed by atoms with Crippen molar-refractivity contribution in [3.05, 3.63) is 0 Å². The first-order valence-corrected chi connectivity index (χ1v) is 6.29. The lowest BCUT2D eigenvalue weighted by atomic mass is 10.1. The van der Waals surface area contributed by atoms with Gasteiger partial charge in [-0.05, 0) is 13.3 Å². The Morgan fingerprint density at radius 1 is 1.18 bits per heavy atom. The smallest absolute Gasteiger partial charge is 0.407 e. The van der Waals surface area contributed by atoms with E-state index < -0.39 is 18.0 Å². The Hall–Kier alpha value is -1.26. The van der Waals surface area contributed by atoms with Crippen molar-refractivity contribution in [1.29, 1.82) is 0 Å². The third kappa shape index (κ3) is 6.81. The van der Waals surface area contributed by atoms with Gasteiger partial charge in [-0.1, -0.05) is 39.0 Å². The molecule has 0 rings (SSSR count). The Bertz CT molecular complexity index is 244. The molecule has 5 nitrogen and oxygen atoms in total. The van der Waals surface area contributed by atoms with Gasteiger partial charge < -0.3 is 10.8 Å². The molecule has 0 aliphatic rings. The van der Waals surface area contributed by atoms with Crippen LogP contribution in [0.4, 0.5) is 4.79 Å². The Morgan fingerprint density at radius 2 is 1.71 bits per heavy atom. The van der Waals surface area contributed by atoms with Gasteiger partial charge in [0.15, 0.2) is 0 Å². The van der Waals surface area contributed by atoms with E-state index in [4.69, 9.17) is 10.8 Å². The number of primary amides is 1. The largest absolute Gasteiger partial charge is 0.465 e. The normalized spacial score (nSPS) is 12.1. The van der Waals surface area contributed by atoms with E-state index in [0.29, 0.717) is 6.54 Å². The van der Waals surface area contributed by atoms with E-state index in [2.05, 4.69) is 6.92 Å². The Morgan fingerprint density at radius 3 is 2.18 bits per heavy atom. The Balaban J connectivity index is 3.87. The molecule has 2 amide bonds. The summed E-state index contributed by atoms with van der Waals surface area (Å²) in [4.78, 5) is 23.0. The fourth-order valence-corrected chi connectivity index (χ4v) is 1.67. The highest BCUT2D eigenvalue weighted by atomic mass is 16.4. The van der Waals surface area contributed by atoms with E-state index >= 15 is 0 Å². The number of carbonyl (C=O) groups excluding carboxylic acids is 1. The molecule has 0 aliphatic heterocycles. The zero-order valence-electron chi connectivity index (χ0n) is 10.8. The molecule has 0 radical (unpaired) electrons. The van der Waals surface area contributed by atoms with Crippen LogP contribution in [0.25, 0.3) is 0 Å². The molecular formula is C12H24N2O3. The van der Waals surface area contributed by atoms with Gasteiger partial charge in [0.2, 0.25) is 5.91 Å². The Kier molecular flexibility index (Phi) is 8.19. The Labute approximate surface area is 103 Å². The SMILES string of the molecule is CCCCCCCCN(C(=O)O)C(C)C(N)=O. The first kappa shape index (κ1) is 15.7. The van der Waals surface area contributed by atoms with Gasteiger partial charge in [0.25, 0.3) is 0 Å². The maximum atomic E-state index is 10.9. The van der Waals surface area contributed by atoms with Crippen molar-refractivity contribution in [2.75, 3.05) is 6.54 Å². The molecule has 1 atom stereocenters. The van der Waals surface area contributed by atoms with Gasteiger partial charge in [-0.15, -0.1) is 0 Å². The highest BCUT2D eigenvalue weighted by Gasteiger charge is 2.22. The van der Waals surface area contributed by atoms with Crippen molar-refractivity contribution in [3.8, 4) is 0 Å². The summed E-state index contributed by atoms with van der Waals surface area (Å²) in [5.74, 6) is -0.599. The minimum Gasteiger partial charge on any atom is -0.465 e. The van der Waals surface area contributed by atoms with Crippen LogP contribution in [0, 0.1) is 0 Å². The van der Waals surface area contributed by atoms with Crippen LogP contribution >= 0.6 is 0 Å². The third-order valence-electron chi connectivity index (χ3n) is 2.88. The van der Waals surface area contributed by atoms with Crippen molar-refractivity contribution < 1.29 is 14.7 Å². The maximum absolute atomic E-state index is 10.9. The summed E-state index contributed by atoms with van der Waals surface area (Å²) >= 11 is 0. The molecular weight excluding hydrogens is 220 g/mol. The fourth-order valence-electron chi connectivity index (χ4n) is 1.67. The molecule has 3 N–H and O–H groups in total. The third-order valence-corrected chi connectivity index (χ3v) is 2.88. The second-order valence-electron chi connectivity index (χ2n) is 4.32. The van der Waals surface area contributed by atoms with E-state index in [-0.39, 0.29) is 0 Å². The lowest BCUT2D eigenvalue weighted by Crippen LogP contribution is -2.45. The zero-order chi connectivity index (χ0) is 13.3. The van der Waals surface area contributed by atoms with Crippen LogP contribution in [-0.2, 0) is 4.79 Å². The van der Waals surface area contributed by atoms with Crippen LogP contribution in [0.2, 0.25) is 0 Å². The number of nitrogens with two attached hydrogens (primary N) is 1. The van der Waals surface area contributed by atoms with Crippen LogP contribution in [0.3, 0.4) is 0 Å². The minimum absolute atomic E-state index is 0.381. The number of rotatable bonds is 9. The van der Waals surface area contributed by atoms with E-state index in [0.717, 1.165) is 24.2 Å². The maximum Gasteiger partial charge on any atom is 0.407 e. The topological polar surface area (TPSA) is 83.6 Å². The zero-order valence-corrected chi connectivity index (χ0v) is 10.8. The summed E-state index contributed by atoms with van der Waals surface area (Å²) < 4.78 is 0. The van der Waals surface area contributed by atoms with Crippen LogP contribution in [0.5, 0.6) is 0 Å². The molecule has 5 heteroatoms. The van der Waals surface area contributed by atoms with Crippen LogP contribution < -0.4 is 5.73 Å². The molecule has 0 bridgehead atoms. The molecule has 0 aromatic heterocycles. The quantitative estimate of drug-likeness (QED) is 0.610. The summed E-state index contributed by atoms with van der Waals surface area (Å²) in [7, 11) is 0. The summed E-state index contributed by atoms with van der Waals surface area (Å²) in [6, 6.07) is -0.747. The summed E-state index contributed by atoms with van der Waals surface area (Å²) in [6.07, 6.45) is 5.43. The molecule has 0 spiro atoms. The van der Waals surface area contributed by atoms with Crippen molar-refractivity contribution in [1.82, 2.24) is 4.90 Å². The van der Waals surface area contributed by atoms with Gasteiger partial charge in [0.05, 0.1) is 0 Å². The number of unbranched alkanes of at least 4 members (excludes halogenated alkanes) is 5. The van der Waals surface area contributed by atoms with Gasteiger partial charge in [0, 0.05) is 6.54 Å². The van der Waals surface area contributed by atoms with Gasteiger partial charge in [0.1, 0.15) is 6.04 Å². The fraction of sp³-hybridized carbons (Fsp3) is 0.833. The molecule has 0 fully saturated rings. The lowest BCUT2D eigenvalue weighted by molar-refractivity contribution is -0.122. The standard InChI is InChI=1S/C12H24N2O3/c1-3-4-5-6-7-8-9-14(12(16)17)10(2)11(13)15/h10H,3-9H2,1-2H3,(H2,13,15)(H,16,17). The van der Waals surface area contributed by atoms with E-state index in [9.17, 15) is 9.59 Å². The molecule has 0 heterocycles. The van der Waals surface area contributed by atoms with Crippen molar-refractivity contribution in [3.63, 3.8) is 0 Å².